The summed E-state index contributed by atoms with van der Waals surface area (Å²) in [5, 5.41) is 10.6. The van der Waals surface area contributed by atoms with E-state index in [9.17, 15) is 18.3 Å². The fourth-order valence-corrected chi connectivity index (χ4v) is 6.99. The molecule has 0 radical (unpaired) electrons. The summed E-state index contributed by atoms with van der Waals surface area (Å²) in [5.74, 6) is -1.13. The molecule has 36 heavy (non-hydrogen) atoms. The average molecular weight is 540 g/mol. The highest BCUT2D eigenvalue weighted by atomic mass is 35.5. The Labute approximate surface area is 218 Å². The molecule has 1 aliphatic rings. The van der Waals surface area contributed by atoms with Crippen molar-refractivity contribution >= 4 is 38.9 Å². The van der Waals surface area contributed by atoms with Crippen molar-refractivity contribution in [1.29, 1.82) is 0 Å². The van der Waals surface area contributed by atoms with E-state index in [1.807, 2.05) is 30.3 Å². The van der Waals surface area contributed by atoms with E-state index >= 15 is 0 Å². The lowest BCUT2D eigenvalue weighted by Crippen LogP contribution is -2.44. The summed E-state index contributed by atoms with van der Waals surface area (Å²) < 4.78 is 34.8. The maximum absolute atomic E-state index is 13.2. The number of halogens is 1. The number of carboxylic acids is 1. The zero-order valence-electron chi connectivity index (χ0n) is 18.9. The van der Waals surface area contributed by atoms with Crippen LogP contribution in [0.3, 0.4) is 0 Å². The van der Waals surface area contributed by atoms with Crippen LogP contribution in [0.1, 0.15) is 23.5 Å². The van der Waals surface area contributed by atoms with E-state index in [2.05, 4.69) is 4.72 Å². The number of rotatable bonds is 9. The Morgan fingerprint density at radius 2 is 1.78 bits per heavy atom. The number of sulfonamides is 1. The molecule has 9 heteroatoms. The molecular formula is C27H22ClNO5S2. The summed E-state index contributed by atoms with van der Waals surface area (Å²) in [6.45, 7) is 0.375. The number of carboxylic acid groups (broad SMARTS) is 1. The van der Waals surface area contributed by atoms with Crippen LogP contribution in [0.5, 0.6) is 5.75 Å². The summed E-state index contributed by atoms with van der Waals surface area (Å²) in [5.41, 5.74) is 0.936. The molecule has 0 amide bonds. The summed E-state index contributed by atoms with van der Waals surface area (Å²) in [4.78, 5) is 13.0. The molecule has 1 aliphatic carbocycles. The van der Waals surface area contributed by atoms with Crippen molar-refractivity contribution < 1.29 is 23.1 Å². The number of hydrogen-bond donors (Lipinski definition) is 2. The van der Waals surface area contributed by atoms with Gasteiger partial charge >= 0.3 is 5.97 Å². The van der Waals surface area contributed by atoms with Gasteiger partial charge in [0, 0.05) is 15.8 Å². The largest absolute Gasteiger partial charge is 0.489 e. The molecule has 3 aromatic carbocycles. The number of ether oxygens (including phenoxy) is 1. The SMILES string of the molecule is O=C(O)[C@@]1(NS(=O)(=O)c2ccc(-c3ccc(Cl)cc3)s2)C[C@H]1c1cccc(OCc2ccccc2)c1. The van der Waals surface area contributed by atoms with Gasteiger partial charge in [0.15, 0.2) is 0 Å². The van der Waals surface area contributed by atoms with E-state index < -0.39 is 27.4 Å². The fourth-order valence-electron chi connectivity index (χ4n) is 4.14. The van der Waals surface area contributed by atoms with E-state index in [4.69, 9.17) is 16.3 Å². The highest BCUT2D eigenvalue weighted by Gasteiger charge is 2.63. The van der Waals surface area contributed by atoms with Crippen molar-refractivity contribution in [3.63, 3.8) is 0 Å². The minimum absolute atomic E-state index is 0.0543. The van der Waals surface area contributed by atoms with Crippen LogP contribution >= 0.6 is 22.9 Å². The normalized spacial score (nSPS) is 19.1. The van der Waals surface area contributed by atoms with Gasteiger partial charge in [-0.25, -0.2) is 8.42 Å². The first-order chi connectivity index (χ1) is 17.3. The van der Waals surface area contributed by atoms with E-state index in [0.29, 0.717) is 22.9 Å². The van der Waals surface area contributed by atoms with Gasteiger partial charge < -0.3 is 9.84 Å². The molecule has 1 fully saturated rings. The lowest BCUT2D eigenvalue weighted by molar-refractivity contribution is -0.140. The predicted molar refractivity (Wildman–Crippen MR) is 140 cm³/mol. The molecule has 1 aromatic heterocycles. The second-order valence-corrected chi connectivity index (χ2v) is 12.0. The molecule has 0 spiro atoms. The Kier molecular flexibility index (Phi) is 6.61. The van der Waals surface area contributed by atoms with Crippen LogP contribution in [0.2, 0.25) is 5.02 Å². The van der Waals surface area contributed by atoms with Crippen molar-refractivity contribution in [2.45, 2.75) is 28.7 Å². The van der Waals surface area contributed by atoms with Gasteiger partial charge in [-0.05, 0) is 59.5 Å². The Morgan fingerprint density at radius 3 is 2.50 bits per heavy atom. The maximum atomic E-state index is 13.2. The molecular weight excluding hydrogens is 518 g/mol. The third-order valence-corrected chi connectivity index (χ3v) is 9.53. The van der Waals surface area contributed by atoms with Gasteiger partial charge in [-0.3, -0.25) is 4.79 Å². The second kappa shape index (κ2) is 9.71. The summed E-state index contributed by atoms with van der Waals surface area (Å²) in [7, 11) is -4.06. The number of aliphatic carboxylic acids is 1. The molecule has 0 bridgehead atoms. The lowest BCUT2D eigenvalue weighted by Gasteiger charge is -2.15. The molecule has 0 unspecified atom stereocenters. The highest BCUT2D eigenvalue weighted by Crippen LogP contribution is 2.53. The zero-order valence-corrected chi connectivity index (χ0v) is 21.3. The van der Waals surface area contributed by atoms with Gasteiger partial charge in [-0.1, -0.05) is 66.2 Å². The molecule has 5 rings (SSSR count). The number of benzene rings is 3. The molecule has 2 atom stereocenters. The van der Waals surface area contributed by atoms with Crippen LogP contribution < -0.4 is 9.46 Å². The van der Waals surface area contributed by atoms with Crippen LogP contribution in [-0.4, -0.2) is 25.0 Å². The Bertz CT molecular complexity index is 1500. The number of hydrogen-bond acceptors (Lipinski definition) is 5. The first-order valence-corrected chi connectivity index (χ1v) is 13.8. The Hall–Kier alpha value is -3.17. The maximum Gasteiger partial charge on any atom is 0.325 e. The Balaban J connectivity index is 1.33. The van der Waals surface area contributed by atoms with Gasteiger partial charge in [0.1, 0.15) is 22.1 Å². The Morgan fingerprint density at radius 1 is 1.03 bits per heavy atom. The second-order valence-electron chi connectivity index (χ2n) is 8.61. The van der Waals surface area contributed by atoms with E-state index in [-0.39, 0.29) is 10.6 Å². The summed E-state index contributed by atoms with van der Waals surface area (Å²) in [6, 6.07) is 27.1. The van der Waals surface area contributed by atoms with Gasteiger partial charge in [0.05, 0.1) is 0 Å². The minimum atomic E-state index is -4.06. The van der Waals surface area contributed by atoms with Crippen molar-refractivity contribution in [3.8, 4) is 16.2 Å². The van der Waals surface area contributed by atoms with Crippen molar-refractivity contribution in [3.05, 3.63) is 107 Å². The van der Waals surface area contributed by atoms with Crippen molar-refractivity contribution in [2.75, 3.05) is 0 Å². The summed E-state index contributed by atoms with van der Waals surface area (Å²) >= 11 is 7.02. The van der Waals surface area contributed by atoms with Gasteiger partial charge in [0.2, 0.25) is 0 Å². The van der Waals surface area contributed by atoms with Gasteiger partial charge in [-0.15, -0.1) is 11.3 Å². The quantitative estimate of drug-likeness (QED) is 0.275. The molecule has 4 aromatic rings. The first kappa shape index (κ1) is 24.5. The average Bonchev–Trinajstić information content (AvgIpc) is 3.37. The van der Waals surface area contributed by atoms with E-state index in [1.165, 1.54) is 6.07 Å². The van der Waals surface area contributed by atoms with Crippen LogP contribution in [0.25, 0.3) is 10.4 Å². The summed E-state index contributed by atoms with van der Waals surface area (Å²) in [6.07, 6.45) is 0.152. The minimum Gasteiger partial charge on any atom is -0.489 e. The fraction of sp³-hybridized carbons (Fsp3) is 0.148. The zero-order chi connectivity index (χ0) is 25.3. The number of carbonyl (C=O) groups is 1. The predicted octanol–water partition coefficient (Wildman–Crippen LogP) is 5.94. The van der Waals surface area contributed by atoms with E-state index in [0.717, 1.165) is 27.3 Å². The smallest absolute Gasteiger partial charge is 0.325 e. The number of nitrogens with one attached hydrogen (secondary N) is 1. The molecule has 0 saturated heterocycles. The van der Waals surface area contributed by atoms with Crippen LogP contribution in [0, 0.1) is 0 Å². The molecule has 0 aliphatic heterocycles. The van der Waals surface area contributed by atoms with Crippen LogP contribution in [0.15, 0.2) is 95.2 Å². The van der Waals surface area contributed by atoms with Gasteiger partial charge in [0.25, 0.3) is 10.0 Å². The topological polar surface area (TPSA) is 92.7 Å². The highest BCUT2D eigenvalue weighted by molar-refractivity contribution is 7.91. The van der Waals surface area contributed by atoms with Gasteiger partial charge in [-0.2, -0.15) is 4.72 Å². The molecule has 2 N–H and O–H groups in total. The third-order valence-electron chi connectivity index (χ3n) is 6.14. The lowest BCUT2D eigenvalue weighted by atomic mass is 10.1. The number of thiophene rings is 1. The van der Waals surface area contributed by atoms with E-state index in [1.54, 1.807) is 54.6 Å². The monoisotopic (exact) mass is 539 g/mol. The first-order valence-electron chi connectivity index (χ1n) is 11.2. The third kappa shape index (κ3) is 5.03. The molecule has 6 nitrogen and oxygen atoms in total. The molecule has 1 saturated carbocycles. The van der Waals surface area contributed by atoms with Crippen molar-refractivity contribution in [1.82, 2.24) is 4.72 Å². The molecule has 1 heterocycles. The molecule has 184 valence electrons. The van der Waals surface area contributed by atoms with Crippen LogP contribution in [-0.2, 0) is 21.4 Å². The van der Waals surface area contributed by atoms with Crippen molar-refractivity contribution in [2.24, 2.45) is 0 Å². The standard InChI is InChI=1S/C27H22ClNO5S2/c28-21-11-9-19(10-12-21)24-13-14-25(35-24)36(32,33)29-27(26(30)31)16-23(27)20-7-4-8-22(15-20)34-17-18-5-2-1-3-6-18/h1-15,23,29H,16-17H2,(H,30,31)/t23-,27+/m0/s1. The van der Waals surface area contributed by atoms with Crippen LogP contribution in [0.4, 0.5) is 0 Å².